The van der Waals surface area contributed by atoms with Crippen LogP contribution in [0.15, 0.2) is 12.1 Å². The first-order valence-electron chi connectivity index (χ1n) is 3.75. The molecule has 0 radical (unpaired) electrons. The predicted molar refractivity (Wildman–Crippen MR) is 52.7 cm³/mol. The lowest BCUT2D eigenvalue weighted by atomic mass is 10.2. The van der Waals surface area contributed by atoms with Crippen LogP contribution in [0.5, 0.6) is 5.75 Å². The zero-order valence-electron chi connectivity index (χ0n) is 7.44. The maximum Gasteiger partial charge on any atom is 0.573 e. The second kappa shape index (κ2) is 4.39. The topological polar surface area (TPSA) is 52.3 Å². The monoisotopic (exact) mass is 273 g/mol. The van der Waals surface area contributed by atoms with Crippen LogP contribution in [-0.4, -0.2) is 11.6 Å². The van der Waals surface area contributed by atoms with Crippen LogP contribution in [0.4, 0.5) is 18.9 Å². The Bertz CT molecular complexity index is 434. The summed E-state index contributed by atoms with van der Waals surface area (Å²) in [5.41, 5.74) is 4.60. The Hall–Kier alpha value is -1.14. The quantitative estimate of drug-likeness (QED) is 0.665. The molecule has 0 aliphatic heterocycles. The van der Waals surface area contributed by atoms with Gasteiger partial charge >= 0.3 is 6.36 Å². The SMILES string of the molecule is Nc1c(Cl)cc(C(=O)Cl)cc1OC(F)(F)F. The number of benzene rings is 1. The number of hydrogen-bond donors (Lipinski definition) is 1. The predicted octanol–water partition coefficient (Wildman–Crippen LogP) is 3.20. The first-order chi connectivity index (χ1) is 7.20. The molecule has 88 valence electrons. The molecule has 0 saturated heterocycles. The van der Waals surface area contributed by atoms with E-state index >= 15 is 0 Å². The van der Waals surface area contributed by atoms with Gasteiger partial charge in [-0.2, -0.15) is 0 Å². The second-order valence-electron chi connectivity index (χ2n) is 2.69. The van der Waals surface area contributed by atoms with Crippen LogP contribution in [-0.2, 0) is 0 Å². The average Bonchev–Trinajstić information content (AvgIpc) is 2.10. The number of carbonyl (C=O) groups is 1. The van der Waals surface area contributed by atoms with Crippen molar-refractivity contribution >= 4 is 34.1 Å². The lowest BCUT2D eigenvalue weighted by Crippen LogP contribution is -2.18. The van der Waals surface area contributed by atoms with E-state index in [0.29, 0.717) is 0 Å². The molecule has 0 aliphatic carbocycles. The van der Waals surface area contributed by atoms with E-state index in [1.807, 2.05) is 0 Å². The van der Waals surface area contributed by atoms with Gasteiger partial charge in [0, 0.05) is 5.56 Å². The van der Waals surface area contributed by atoms with Gasteiger partial charge in [0.15, 0.2) is 5.75 Å². The van der Waals surface area contributed by atoms with E-state index in [4.69, 9.17) is 28.9 Å². The van der Waals surface area contributed by atoms with Crippen LogP contribution in [0.25, 0.3) is 0 Å². The van der Waals surface area contributed by atoms with Crippen molar-refractivity contribution in [3.8, 4) is 5.75 Å². The van der Waals surface area contributed by atoms with Gasteiger partial charge in [0.05, 0.1) is 10.7 Å². The molecule has 0 amide bonds. The standard InChI is InChI=1S/C8H4Cl2F3NO2/c9-4-1-3(7(10)15)2-5(6(4)14)16-8(11,12)13/h1-2H,14H2. The minimum Gasteiger partial charge on any atom is -0.404 e. The molecule has 0 spiro atoms. The molecule has 1 aromatic rings. The average molecular weight is 274 g/mol. The van der Waals surface area contributed by atoms with Crippen LogP contribution in [0.1, 0.15) is 10.4 Å². The van der Waals surface area contributed by atoms with Crippen LogP contribution in [0.2, 0.25) is 5.02 Å². The van der Waals surface area contributed by atoms with Crippen molar-refractivity contribution in [3.05, 3.63) is 22.7 Å². The molecule has 0 heterocycles. The van der Waals surface area contributed by atoms with Gasteiger partial charge in [0.2, 0.25) is 0 Å². The Morgan fingerprint density at radius 1 is 1.38 bits per heavy atom. The first kappa shape index (κ1) is 12.9. The fourth-order valence-electron chi connectivity index (χ4n) is 0.915. The number of rotatable bonds is 2. The molecule has 0 aromatic heterocycles. The van der Waals surface area contributed by atoms with Crippen molar-refractivity contribution in [3.63, 3.8) is 0 Å². The summed E-state index contributed by atoms with van der Waals surface area (Å²) >= 11 is 10.6. The molecule has 2 N–H and O–H groups in total. The van der Waals surface area contributed by atoms with E-state index in [9.17, 15) is 18.0 Å². The lowest BCUT2D eigenvalue weighted by molar-refractivity contribution is -0.274. The summed E-state index contributed by atoms with van der Waals surface area (Å²) in [6.07, 6.45) is -4.93. The summed E-state index contributed by atoms with van der Waals surface area (Å²) in [5.74, 6) is -0.760. The summed E-state index contributed by atoms with van der Waals surface area (Å²) < 4.78 is 39.4. The van der Waals surface area contributed by atoms with Crippen molar-refractivity contribution in [1.29, 1.82) is 0 Å². The Balaban J connectivity index is 3.22. The highest BCUT2D eigenvalue weighted by Crippen LogP contribution is 2.35. The zero-order valence-corrected chi connectivity index (χ0v) is 8.95. The maximum atomic E-state index is 11.9. The first-order valence-corrected chi connectivity index (χ1v) is 4.51. The molecule has 0 fully saturated rings. The normalized spacial score (nSPS) is 11.3. The largest absolute Gasteiger partial charge is 0.573 e. The van der Waals surface area contributed by atoms with E-state index < -0.39 is 23.0 Å². The number of halogens is 5. The molecule has 0 aliphatic rings. The Labute approximate surface area is 97.9 Å². The third-order valence-electron chi connectivity index (χ3n) is 1.54. The number of carbonyl (C=O) groups excluding carboxylic acids is 1. The van der Waals surface area contributed by atoms with Gasteiger partial charge in [-0.25, -0.2) is 0 Å². The molecule has 0 atom stereocenters. The molecule has 0 saturated carbocycles. The Morgan fingerprint density at radius 2 is 1.94 bits per heavy atom. The fraction of sp³-hybridized carbons (Fsp3) is 0.125. The Kier molecular flexibility index (Phi) is 3.54. The maximum absolute atomic E-state index is 11.9. The van der Waals surface area contributed by atoms with Gasteiger partial charge in [-0.1, -0.05) is 11.6 Å². The molecule has 1 rings (SSSR count). The molecular formula is C8H4Cl2F3NO2. The number of anilines is 1. The van der Waals surface area contributed by atoms with E-state index in [0.717, 1.165) is 12.1 Å². The molecule has 1 aromatic carbocycles. The Morgan fingerprint density at radius 3 is 2.38 bits per heavy atom. The van der Waals surface area contributed by atoms with Crippen molar-refractivity contribution in [2.45, 2.75) is 6.36 Å². The number of alkyl halides is 3. The molecular weight excluding hydrogens is 270 g/mol. The summed E-state index contributed by atoms with van der Waals surface area (Å²) in [5, 5.41) is -1.21. The summed E-state index contributed by atoms with van der Waals surface area (Å²) in [4.78, 5) is 10.8. The third-order valence-corrected chi connectivity index (χ3v) is 2.08. The summed E-state index contributed by atoms with van der Waals surface area (Å²) in [7, 11) is 0. The van der Waals surface area contributed by atoms with Gasteiger partial charge in [0.1, 0.15) is 0 Å². The van der Waals surface area contributed by atoms with Gasteiger partial charge in [-0.3, -0.25) is 4.79 Å². The smallest absolute Gasteiger partial charge is 0.404 e. The lowest BCUT2D eigenvalue weighted by Gasteiger charge is -2.12. The van der Waals surface area contributed by atoms with Gasteiger partial charge in [0.25, 0.3) is 5.24 Å². The van der Waals surface area contributed by atoms with Crippen LogP contribution in [0, 0.1) is 0 Å². The van der Waals surface area contributed by atoms with Crippen molar-refractivity contribution in [2.24, 2.45) is 0 Å². The van der Waals surface area contributed by atoms with E-state index in [1.165, 1.54) is 0 Å². The third kappa shape index (κ3) is 3.18. The summed E-state index contributed by atoms with van der Waals surface area (Å²) in [6.45, 7) is 0. The van der Waals surface area contributed by atoms with Gasteiger partial charge in [-0.15, -0.1) is 13.2 Å². The van der Waals surface area contributed by atoms with Crippen molar-refractivity contribution in [1.82, 2.24) is 0 Å². The molecule has 0 bridgehead atoms. The molecule has 3 nitrogen and oxygen atoms in total. The highest BCUT2D eigenvalue weighted by atomic mass is 35.5. The minimum atomic E-state index is -4.93. The van der Waals surface area contributed by atoms with E-state index in [-0.39, 0.29) is 10.6 Å². The number of ether oxygens (including phenoxy) is 1. The van der Waals surface area contributed by atoms with Crippen molar-refractivity contribution < 1.29 is 22.7 Å². The molecule has 16 heavy (non-hydrogen) atoms. The number of nitrogen functional groups attached to an aromatic ring is 1. The number of nitrogens with two attached hydrogens (primary N) is 1. The highest BCUT2D eigenvalue weighted by Gasteiger charge is 2.32. The number of hydrogen-bond acceptors (Lipinski definition) is 3. The van der Waals surface area contributed by atoms with Crippen LogP contribution in [0.3, 0.4) is 0 Å². The van der Waals surface area contributed by atoms with E-state index in [1.54, 1.807) is 0 Å². The zero-order chi connectivity index (χ0) is 12.5. The molecule has 0 unspecified atom stereocenters. The van der Waals surface area contributed by atoms with E-state index in [2.05, 4.69) is 4.74 Å². The second-order valence-corrected chi connectivity index (χ2v) is 3.44. The summed E-state index contributed by atoms with van der Waals surface area (Å²) in [6, 6.07) is 1.82. The van der Waals surface area contributed by atoms with Crippen molar-refractivity contribution in [2.75, 3.05) is 5.73 Å². The van der Waals surface area contributed by atoms with Crippen LogP contribution >= 0.6 is 23.2 Å². The highest BCUT2D eigenvalue weighted by molar-refractivity contribution is 6.67. The molecule has 8 heteroatoms. The fourth-order valence-corrected chi connectivity index (χ4v) is 1.24. The van der Waals surface area contributed by atoms with Gasteiger partial charge in [-0.05, 0) is 23.7 Å². The van der Waals surface area contributed by atoms with Gasteiger partial charge < -0.3 is 10.5 Å². The van der Waals surface area contributed by atoms with Crippen LogP contribution < -0.4 is 10.5 Å². The minimum absolute atomic E-state index is 0.236.